The summed E-state index contributed by atoms with van der Waals surface area (Å²) in [6.07, 6.45) is 25.9. The summed E-state index contributed by atoms with van der Waals surface area (Å²) in [5.74, 6) is -0.100. The van der Waals surface area contributed by atoms with Crippen LogP contribution in [0.15, 0.2) is 0 Å². The van der Waals surface area contributed by atoms with Crippen LogP contribution in [0.3, 0.4) is 0 Å². The van der Waals surface area contributed by atoms with Gasteiger partial charge in [-0.3, -0.25) is 14.4 Å². The largest absolute Gasteiger partial charge is 0.300 e. The fourth-order valence-electron chi connectivity index (χ4n) is 4.61. The van der Waals surface area contributed by atoms with Gasteiger partial charge in [-0.2, -0.15) is 0 Å². The van der Waals surface area contributed by atoms with Gasteiger partial charge < -0.3 is 0 Å². The SMILES string of the molecule is CCCCCCCCCC(=O)CCCCCCCCCCC(C(=O)Cl)C(=O)CCCCCCC. The van der Waals surface area contributed by atoms with Gasteiger partial charge in [0.15, 0.2) is 0 Å². The fourth-order valence-corrected chi connectivity index (χ4v) is 4.84. The van der Waals surface area contributed by atoms with Crippen molar-refractivity contribution in [3.05, 3.63) is 0 Å². The van der Waals surface area contributed by atoms with E-state index in [9.17, 15) is 14.4 Å². The second-order valence-corrected chi connectivity index (χ2v) is 10.6. The van der Waals surface area contributed by atoms with Crippen molar-refractivity contribution >= 4 is 28.4 Å². The van der Waals surface area contributed by atoms with Gasteiger partial charge in [-0.15, -0.1) is 0 Å². The van der Waals surface area contributed by atoms with Crippen molar-refractivity contribution < 1.29 is 14.4 Å². The van der Waals surface area contributed by atoms with E-state index in [0.717, 1.165) is 64.2 Å². The Bertz CT molecular complexity index is 503. The molecule has 0 aliphatic heterocycles. The van der Waals surface area contributed by atoms with Crippen LogP contribution in [0, 0.1) is 5.92 Å². The Morgan fingerprint density at radius 1 is 0.500 bits per heavy atom. The molecule has 0 aromatic carbocycles. The van der Waals surface area contributed by atoms with Gasteiger partial charge in [-0.1, -0.05) is 123 Å². The van der Waals surface area contributed by atoms with Crippen molar-refractivity contribution in [2.45, 2.75) is 168 Å². The van der Waals surface area contributed by atoms with Gasteiger partial charge in [0.2, 0.25) is 5.24 Å². The van der Waals surface area contributed by atoms with Gasteiger partial charge in [0, 0.05) is 19.3 Å². The molecule has 0 bridgehead atoms. The third kappa shape index (κ3) is 21.8. The number of halogens is 1. The molecule has 200 valence electrons. The number of carbonyl (C=O) groups is 3. The Kier molecular flexibility index (Phi) is 24.9. The monoisotopic (exact) mass is 498 g/mol. The van der Waals surface area contributed by atoms with Crippen LogP contribution >= 0.6 is 11.6 Å². The minimum absolute atomic E-state index is 0.0398. The standard InChI is InChI=1S/C30H55ClO3/c1-3-5-7-9-12-16-19-23-27(32)24-20-17-13-10-11-14-18-21-25-28(30(31)34)29(33)26-22-15-8-6-4-2/h28H,3-26H2,1-2H3. The average molecular weight is 499 g/mol. The zero-order valence-corrected chi connectivity index (χ0v) is 23.4. The molecule has 0 saturated carbocycles. The van der Waals surface area contributed by atoms with E-state index in [2.05, 4.69) is 13.8 Å². The van der Waals surface area contributed by atoms with E-state index in [1.807, 2.05) is 0 Å². The lowest BCUT2D eigenvalue weighted by Gasteiger charge is -2.11. The smallest absolute Gasteiger partial charge is 0.232 e. The maximum absolute atomic E-state index is 12.3. The summed E-state index contributed by atoms with van der Waals surface area (Å²) in [5.41, 5.74) is 0. The minimum atomic E-state index is -0.591. The van der Waals surface area contributed by atoms with Crippen LogP contribution in [0.2, 0.25) is 0 Å². The first-order valence-corrected chi connectivity index (χ1v) is 15.1. The Hall–Kier alpha value is -0.700. The summed E-state index contributed by atoms with van der Waals surface area (Å²) in [4.78, 5) is 36.0. The number of carbonyl (C=O) groups excluding carboxylic acids is 3. The maximum Gasteiger partial charge on any atom is 0.232 e. The van der Waals surface area contributed by atoms with Crippen molar-refractivity contribution in [3.8, 4) is 0 Å². The Balaban J connectivity index is 3.57. The molecule has 0 saturated heterocycles. The van der Waals surface area contributed by atoms with Crippen molar-refractivity contribution in [1.82, 2.24) is 0 Å². The zero-order chi connectivity index (χ0) is 25.3. The molecule has 34 heavy (non-hydrogen) atoms. The molecule has 0 aliphatic carbocycles. The zero-order valence-electron chi connectivity index (χ0n) is 22.7. The van der Waals surface area contributed by atoms with E-state index >= 15 is 0 Å². The molecule has 0 aromatic rings. The van der Waals surface area contributed by atoms with Gasteiger partial charge in [-0.25, -0.2) is 0 Å². The second-order valence-electron chi connectivity index (χ2n) is 10.3. The fraction of sp³-hybridized carbons (Fsp3) is 0.900. The van der Waals surface area contributed by atoms with E-state index in [0.29, 0.717) is 18.6 Å². The normalized spacial score (nSPS) is 12.1. The second kappa shape index (κ2) is 25.4. The summed E-state index contributed by atoms with van der Waals surface area (Å²) in [7, 11) is 0. The molecular formula is C30H55ClO3. The highest BCUT2D eigenvalue weighted by Gasteiger charge is 2.23. The topological polar surface area (TPSA) is 51.2 Å². The molecule has 0 heterocycles. The summed E-state index contributed by atoms with van der Waals surface area (Å²) in [6, 6.07) is 0. The van der Waals surface area contributed by atoms with E-state index in [1.165, 1.54) is 77.0 Å². The molecule has 0 N–H and O–H groups in total. The molecule has 0 aliphatic rings. The number of Topliss-reactive ketones (excluding diaryl/α,β-unsaturated/α-hetero) is 2. The Labute approximate surface area is 216 Å². The molecule has 0 aromatic heterocycles. The number of rotatable bonds is 27. The Morgan fingerprint density at radius 2 is 0.853 bits per heavy atom. The van der Waals surface area contributed by atoms with Crippen molar-refractivity contribution in [2.24, 2.45) is 5.92 Å². The third-order valence-electron chi connectivity index (χ3n) is 6.95. The average Bonchev–Trinajstić information content (AvgIpc) is 2.81. The first kappa shape index (κ1) is 33.3. The maximum atomic E-state index is 12.3. The first-order valence-electron chi connectivity index (χ1n) is 14.8. The number of ketones is 2. The molecule has 0 radical (unpaired) electrons. The van der Waals surface area contributed by atoms with Gasteiger partial charge >= 0.3 is 0 Å². The highest BCUT2D eigenvalue weighted by molar-refractivity contribution is 6.65. The highest BCUT2D eigenvalue weighted by atomic mass is 35.5. The van der Waals surface area contributed by atoms with E-state index in [1.54, 1.807) is 0 Å². The van der Waals surface area contributed by atoms with Crippen LogP contribution < -0.4 is 0 Å². The molecule has 1 unspecified atom stereocenters. The number of hydrogen-bond acceptors (Lipinski definition) is 3. The van der Waals surface area contributed by atoms with E-state index < -0.39 is 11.2 Å². The van der Waals surface area contributed by atoms with Crippen LogP contribution in [0.1, 0.15) is 168 Å². The van der Waals surface area contributed by atoms with E-state index in [4.69, 9.17) is 11.6 Å². The summed E-state index contributed by atoms with van der Waals surface area (Å²) in [5, 5.41) is -0.472. The summed E-state index contributed by atoms with van der Waals surface area (Å²) < 4.78 is 0. The lowest BCUT2D eigenvalue weighted by Crippen LogP contribution is -2.20. The van der Waals surface area contributed by atoms with Crippen LogP contribution in [-0.4, -0.2) is 16.8 Å². The van der Waals surface area contributed by atoms with Crippen LogP contribution in [0.25, 0.3) is 0 Å². The third-order valence-corrected chi connectivity index (χ3v) is 7.21. The van der Waals surface area contributed by atoms with Gasteiger partial charge in [-0.05, 0) is 37.3 Å². The van der Waals surface area contributed by atoms with Gasteiger partial charge in [0.05, 0.1) is 5.92 Å². The van der Waals surface area contributed by atoms with E-state index in [-0.39, 0.29) is 5.78 Å². The van der Waals surface area contributed by atoms with Crippen molar-refractivity contribution in [1.29, 1.82) is 0 Å². The summed E-state index contributed by atoms with van der Waals surface area (Å²) in [6.45, 7) is 4.42. The van der Waals surface area contributed by atoms with Gasteiger partial charge in [0.1, 0.15) is 11.6 Å². The van der Waals surface area contributed by atoms with Gasteiger partial charge in [0.25, 0.3) is 0 Å². The van der Waals surface area contributed by atoms with Crippen LogP contribution in [0.5, 0.6) is 0 Å². The molecule has 1 atom stereocenters. The van der Waals surface area contributed by atoms with Crippen LogP contribution in [-0.2, 0) is 14.4 Å². The number of hydrogen-bond donors (Lipinski definition) is 0. The number of unbranched alkanes of at least 4 members (excludes halogenated alkanes) is 17. The molecular weight excluding hydrogens is 444 g/mol. The molecule has 0 amide bonds. The summed E-state index contributed by atoms with van der Waals surface area (Å²) >= 11 is 5.71. The first-order chi connectivity index (χ1) is 16.5. The molecule has 0 fully saturated rings. The predicted molar refractivity (Wildman–Crippen MR) is 147 cm³/mol. The van der Waals surface area contributed by atoms with Crippen molar-refractivity contribution in [2.75, 3.05) is 0 Å². The van der Waals surface area contributed by atoms with Crippen LogP contribution in [0.4, 0.5) is 0 Å². The quantitative estimate of drug-likeness (QED) is 0.0642. The highest BCUT2D eigenvalue weighted by Crippen LogP contribution is 2.19. The van der Waals surface area contributed by atoms with Crippen molar-refractivity contribution in [3.63, 3.8) is 0 Å². The Morgan fingerprint density at radius 3 is 1.26 bits per heavy atom. The lowest BCUT2D eigenvalue weighted by molar-refractivity contribution is -0.129. The predicted octanol–water partition coefficient (Wildman–Crippen LogP) is 9.91. The molecule has 3 nitrogen and oxygen atoms in total. The minimum Gasteiger partial charge on any atom is -0.300 e. The molecule has 0 rings (SSSR count). The lowest BCUT2D eigenvalue weighted by atomic mass is 9.94. The molecule has 0 spiro atoms. The molecule has 4 heteroatoms.